The molecule has 0 saturated heterocycles. The fraction of sp³-hybridized carbons (Fsp3) is 0.467. The van der Waals surface area contributed by atoms with Crippen molar-refractivity contribution < 1.29 is 14.7 Å². The summed E-state index contributed by atoms with van der Waals surface area (Å²) >= 11 is 0. The first-order chi connectivity index (χ1) is 9.65. The maximum atomic E-state index is 12.1. The third-order valence-corrected chi connectivity index (χ3v) is 2.93. The molecule has 0 atom stereocenters. The monoisotopic (exact) mass is 278 g/mol. The molecule has 20 heavy (non-hydrogen) atoms. The Labute approximate surface area is 119 Å². The van der Waals surface area contributed by atoms with Gasteiger partial charge in [0.25, 0.3) is 5.91 Å². The fourth-order valence-electron chi connectivity index (χ4n) is 1.85. The van der Waals surface area contributed by atoms with Crippen molar-refractivity contribution in [3.05, 3.63) is 35.4 Å². The van der Waals surface area contributed by atoms with Gasteiger partial charge in [-0.1, -0.05) is 25.1 Å². The van der Waals surface area contributed by atoms with Crippen molar-refractivity contribution in [3.63, 3.8) is 0 Å². The number of hydrogen-bond donors (Lipinski definition) is 3. The van der Waals surface area contributed by atoms with Gasteiger partial charge in [-0.2, -0.15) is 0 Å². The molecule has 3 N–H and O–H groups in total. The van der Waals surface area contributed by atoms with Gasteiger partial charge in [-0.15, -0.1) is 0 Å². The van der Waals surface area contributed by atoms with Gasteiger partial charge in [0.2, 0.25) is 0 Å². The second kappa shape index (κ2) is 9.09. The SMILES string of the molecule is CCNCc1ccccc1C(=O)NCCCCC(=O)O. The molecular formula is C15H22N2O3. The summed E-state index contributed by atoms with van der Waals surface area (Å²) in [7, 11) is 0. The number of unbranched alkanes of at least 4 members (excludes halogenated alkanes) is 1. The lowest BCUT2D eigenvalue weighted by Gasteiger charge is -2.10. The van der Waals surface area contributed by atoms with Crippen molar-refractivity contribution in [1.29, 1.82) is 0 Å². The van der Waals surface area contributed by atoms with Gasteiger partial charge >= 0.3 is 5.97 Å². The van der Waals surface area contributed by atoms with Crippen LogP contribution in [0.5, 0.6) is 0 Å². The molecule has 0 aromatic heterocycles. The Bertz CT molecular complexity index is 446. The average molecular weight is 278 g/mol. The Morgan fingerprint density at radius 1 is 1.20 bits per heavy atom. The molecule has 0 fully saturated rings. The smallest absolute Gasteiger partial charge is 0.303 e. The summed E-state index contributed by atoms with van der Waals surface area (Å²) in [6.45, 7) is 4.04. The second-order valence-corrected chi connectivity index (χ2v) is 4.54. The van der Waals surface area contributed by atoms with E-state index in [4.69, 9.17) is 5.11 Å². The van der Waals surface area contributed by atoms with E-state index in [1.54, 1.807) is 6.07 Å². The standard InChI is InChI=1S/C15H22N2O3/c1-2-16-11-12-7-3-4-8-13(12)15(20)17-10-6-5-9-14(18)19/h3-4,7-8,16H,2,5-6,9-11H2,1H3,(H,17,20)(H,18,19). The van der Waals surface area contributed by atoms with E-state index in [9.17, 15) is 9.59 Å². The van der Waals surface area contributed by atoms with Gasteiger partial charge in [0.05, 0.1) is 0 Å². The average Bonchev–Trinajstić information content (AvgIpc) is 2.44. The van der Waals surface area contributed by atoms with Gasteiger partial charge < -0.3 is 15.7 Å². The number of carboxylic acid groups (broad SMARTS) is 1. The molecule has 1 amide bonds. The Balaban J connectivity index is 2.44. The summed E-state index contributed by atoms with van der Waals surface area (Å²) in [5.41, 5.74) is 1.64. The van der Waals surface area contributed by atoms with Crippen molar-refractivity contribution in [3.8, 4) is 0 Å². The molecule has 1 aromatic carbocycles. The molecule has 5 nitrogen and oxygen atoms in total. The number of aliphatic carboxylic acids is 1. The number of amides is 1. The first-order valence-electron chi connectivity index (χ1n) is 6.93. The minimum atomic E-state index is -0.799. The summed E-state index contributed by atoms with van der Waals surface area (Å²) in [5, 5.41) is 14.6. The first-order valence-corrected chi connectivity index (χ1v) is 6.93. The van der Waals surface area contributed by atoms with Gasteiger partial charge in [0.1, 0.15) is 0 Å². The van der Waals surface area contributed by atoms with Crippen molar-refractivity contribution in [2.75, 3.05) is 13.1 Å². The molecule has 0 aliphatic rings. The number of benzene rings is 1. The summed E-state index contributed by atoms with van der Waals surface area (Å²) in [6, 6.07) is 7.49. The van der Waals surface area contributed by atoms with Gasteiger partial charge in [-0.3, -0.25) is 9.59 Å². The van der Waals surface area contributed by atoms with E-state index in [1.807, 2.05) is 25.1 Å². The van der Waals surface area contributed by atoms with Crippen molar-refractivity contribution >= 4 is 11.9 Å². The number of hydrogen-bond acceptors (Lipinski definition) is 3. The van der Waals surface area contributed by atoms with Crippen LogP contribution in [0, 0.1) is 0 Å². The summed E-state index contributed by atoms with van der Waals surface area (Å²) in [4.78, 5) is 22.4. The zero-order valence-electron chi connectivity index (χ0n) is 11.8. The van der Waals surface area contributed by atoms with Crippen LogP contribution in [0.4, 0.5) is 0 Å². The Hall–Kier alpha value is -1.88. The van der Waals surface area contributed by atoms with Crippen LogP contribution < -0.4 is 10.6 Å². The van der Waals surface area contributed by atoms with Gasteiger partial charge in [-0.05, 0) is 31.0 Å². The maximum absolute atomic E-state index is 12.1. The van der Waals surface area contributed by atoms with Crippen molar-refractivity contribution in [2.45, 2.75) is 32.7 Å². The molecule has 1 rings (SSSR count). The zero-order valence-corrected chi connectivity index (χ0v) is 11.8. The second-order valence-electron chi connectivity index (χ2n) is 4.54. The molecule has 0 aliphatic carbocycles. The fourth-order valence-corrected chi connectivity index (χ4v) is 1.85. The van der Waals surface area contributed by atoms with Crippen molar-refractivity contribution in [1.82, 2.24) is 10.6 Å². The van der Waals surface area contributed by atoms with Crippen molar-refractivity contribution in [2.24, 2.45) is 0 Å². The van der Waals surface area contributed by atoms with Gasteiger partial charge in [-0.25, -0.2) is 0 Å². The molecule has 0 aliphatic heterocycles. The maximum Gasteiger partial charge on any atom is 0.303 e. The molecule has 0 saturated carbocycles. The Kier molecular flexibility index (Phi) is 7.35. The van der Waals surface area contributed by atoms with E-state index >= 15 is 0 Å². The van der Waals surface area contributed by atoms with E-state index in [-0.39, 0.29) is 12.3 Å². The quantitative estimate of drug-likeness (QED) is 0.602. The lowest BCUT2D eigenvalue weighted by Crippen LogP contribution is -2.26. The molecule has 5 heteroatoms. The number of nitrogens with one attached hydrogen (secondary N) is 2. The highest BCUT2D eigenvalue weighted by Crippen LogP contribution is 2.08. The Morgan fingerprint density at radius 3 is 2.65 bits per heavy atom. The molecule has 110 valence electrons. The van der Waals surface area contributed by atoms with Crippen LogP contribution in [-0.2, 0) is 11.3 Å². The molecule has 0 radical (unpaired) electrons. The molecule has 0 spiro atoms. The molecule has 1 aromatic rings. The minimum Gasteiger partial charge on any atom is -0.481 e. The van der Waals surface area contributed by atoms with Gasteiger partial charge in [0.15, 0.2) is 0 Å². The summed E-state index contributed by atoms with van der Waals surface area (Å²) < 4.78 is 0. The van der Waals surface area contributed by atoms with Crippen LogP contribution in [0.25, 0.3) is 0 Å². The highest BCUT2D eigenvalue weighted by molar-refractivity contribution is 5.95. The summed E-state index contributed by atoms with van der Waals surface area (Å²) in [5.74, 6) is -0.902. The highest BCUT2D eigenvalue weighted by atomic mass is 16.4. The summed E-state index contributed by atoms with van der Waals surface area (Å²) in [6.07, 6.45) is 1.40. The highest BCUT2D eigenvalue weighted by Gasteiger charge is 2.09. The number of carboxylic acids is 1. The van der Waals surface area contributed by atoms with Crippen LogP contribution in [0.3, 0.4) is 0 Å². The Morgan fingerprint density at radius 2 is 1.95 bits per heavy atom. The van der Waals surface area contributed by atoms with E-state index in [2.05, 4.69) is 10.6 Å². The van der Waals surface area contributed by atoms with E-state index in [0.29, 0.717) is 31.5 Å². The number of carbonyl (C=O) groups is 2. The molecule has 0 bridgehead atoms. The van der Waals surface area contributed by atoms with Gasteiger partial charge in [0, 0.05) is 25.1 Å². The normalized spacial score (nSPS) is 10.2. The van der Waals surface area contributed by atoms with Crippen LogP contribution in [0.2, 0.25) is 0 Å². The lowest BCUT2D eigenvalue weighted by molar-refractivity contribution is -0.137. The zero-order chi connectivity index (χ0) is 14.8. The minimum absolute atomic E-state index is 0.103. The van der Waals surface area contributed by atoms with E-state index < -0.39 is 5.97 Å². The predicted molar refractivity (Wildman–Crippen MR) is 77.6 cm³/mol. The molecular weight excluding hydrogens is 256 g/mol. The number of carbonyl (C=O) groups excluding carboxylic acids is 1. The first kappa shape index (κ1) is 16.2. The lowest BCUT2D eigenvalue weighted by atomic mass is 10.1. The van der Waals surface area contributed by atoms with Crippen LogP contribution in [0.15, 0.2) is 24.3 Å². The van der Waals surface area contributed by atoms with Crippen LogP contribution in [-0.4, -0.2) is 30.1 Å². The third-order valence-electron chi connectivity index (χ3n) is 2.93. The topological polar surface area (TPSA) is 78.4 Å². The van der Waals surface area contributed by atoms with Crippen LogP contribution >= 0.6 is 0 Å². The van der Waals surface area contributed by atoms with E-state index in [1.165, 1.54) is 0 Å². The molecule has 0 unspecified atom stereocenters. The predicted octanol–water partition coefficient (Wildman–Crippen LogP) is 1.78. The van der Waals surface area contributed by atoms with E-state index in [0.717, 1.165) is 12.1 Å². The molecule has 0 heterocycles. The largest absolute Gasteiger partial charge is 0.481 e. The third kappa shape index (κ3) is 5.84. The number of rotatable bonds is 9. The van der Waals surface area contributed by atoms with Crippen LogP contribution in [0.1, 0.15) is 42.1 Å².